The molecule has 1 saturated heterocycles. The molecule has 1 heterocycles. The van der Waals surface area contributed by atoms with Gasteiger partial charge in [0.2, 0.25) is 5.91 Å². The lowest BCUT2D eigenvalue weighted by Gasteiger charge is -2.13. The topological polar surface area (TPSA) is 58.6 Å². The molecule has 0 spiro atoms. The van der Waals surface area contributed by atoms with Crippen molar-refractivity contribution in [3.05, 3.63) is 30.1 Å². The standard InChI is InChI=1S/C14H17FN2O3/c1-9(2)13(18)16-7-12-8-17(14(19)20-12)11-5-3-10(15)4-6-11/h3-6,9,12H,7-8H2,1-2H3,(H,16,18)/t12-/m0/s1. The number of carbonyl (C=O) groups excluding carboxylic acids is 2. The van der Waals surface area contributed by atoms with Crippen molar-refractivity contribution in [1.29, 1.82) is 0 Å². The normalized spacial score (nSPS) is 18.3. The van der Waals surface area contributed by atoms with Crippen LogP contribution in [0.5, 0.6) is 0 Å². The predicted octanol–water partition coefficient (Wildman–Crippen LogP) is 1.92. The van der Waals surface area contributed by atoms with E-state index in [2.05, 4.69) is 5.32 Å². The number of nitrogens with one attached hydrogen (secondary N) is 1. The molecule has 2 rings (SSSR count). The van der Waals surface area contributed by atoms with Gasteiger partial charge in [0, 0.05) is 11.6 Å². The lowest BCUT2D eigenvalue weighted by Crippen LogP contribution is -2.36. The van der Waals surface area contributed by atoms with E-state index < -0.39 is 12.2 Å². The first-order valence-corrected chi connectivity index (χ1v) is 6.49. The Morgan fingerprint density at radius 1 is 1.45 bits per heavy atom. The fourth-order valence-corrected chi connectivity index (χ4v) is 1.88. The predicted molar refractivity (Wildman–Crippen MR) is 71.9 cm³/mol. The molecule has 1 N–H and O–H groups in total. The molecule has 0 unspecified atom stereocenters. The van der Waals surface area contributed by atoms with E-state index in [0.717, 1.165) is 0 Å². The van der Waals surface area contributed by atoms with Crippen LogP contribution in [0.1, 0.15) is 13.8 Å². The van der Waals surface area contributed by atoms with Crippen LogP contribution in [-0.2, 0) is 9.53 Å². The molecule has 1 aliphatic rings. The smallest absolute Gasteiger partial charge is 0.414 e. The number of halogens is 1. The molecule has 1 atom stereocenters. The van der Waals surface area contributed by atoms with Gasteiger partial charge in [-0.3, -0.25) is 9.69 Å². The molecule has 108 valence electrons. The van der Waals surface area contributed by atoms with E-state index in [1.54, 1.807) is 13.8 Å². The number of amides is 2. The average molecular weight is 280 g/mol. The van der Waals surface area contributed by atoms with Crippen molar-refractivity contribution < 1.29 is 18.7 Å². The van der Waals surface area contributed by atoms with Crippen molar-refractivity contribution in [2.75, 3.05) is 18.0 Å². The van der Waals surface area contributed by atoms with Crippen molar-refractivity contribution in [2.45, 2.75) is 20.0 Å². The Morgan fingerprint density at radius 2 is 2.10 bits per heavy atom. The van der Waals surface area contributed by atoms with Crippen LogP contribution < -0.4 is 10.2 Å². The Kier molecular flexibility index (Phi) is 4.22. The molecule has 6 heteroatoms. The monoisotopic (exact) mass is 280 g/mol. The number of benzene rings is 1. The second-order valence-corrected chi connectivity index (χ2v) is 4.99. The summed E-state index contributed by atoms with van der Waals surface area (Å²) < 4.78 is 18.0. The molecule has 20 heavy (non-hydrogen) atoms. The van der Waals surface area contributed by atoms with Gasteiger partial charge < -0.3 is 10.1 Å². The van der Waals surface area contributed by atoms with Crippen LogP contribution in [-0.4, -0.2) is 31.2 Å². The summed E-state index contributed by atoms with van der Waals surface area (Å²) in [4.78, 5) is 24.6. The zero-order valence-corrected chi connectivity index (χ0v) is 11.4. The Morgan fingerprint density at radius 3 is 2.70 bits per heavy atom. The second kappa shape index (κ2) is 5.90. The Bertz CT molecular complexity index is 502. The highest BCUT2D eigenvalue weighted by Crippen LogP contribution is 2.21. The Hall–Kier alpha value is -2.11. The third-order valence-electron chi connectivity index (χ3n) is 3.04. The quantitative estimate of drug-likeness (QED) is 0.916. The molecule has 0 radical (unpaired) electrons. The number of cyclic esters (lactones) is 1. The fourth-order valence-electron chi connectivity index (χ4n) is 1.88. The van der Waals surface area contributed by atoms with Gasteiger partial charge in [0.1, 0.15) is 11.9 Å². The van der Waals surface area contributed by atoms with Gasteiger partial charge in [0.25, 0.3) is 0 Å². The van der Waals surface area contributed by atoms with Gasteiger partial charge in [0.15, 0.2) is 0 Å². The van der Waals surface area contributed by atoms with E-state index in [9.17, 15) is 14.0 Å². The largest absolute Gasteiger partial charge is 0.442 e. The van der Waals surface area contributed by atoms with Crippen molar-refractivity contribution in [2.24, 2.45) is 5.92 Å². The number of hydrogen-bond donors (Lipinski definition) is 1. The van der Waals surface area contributed by atoms with Crippen LogP contribution in [0.4, 0.5) is 14.9 Å². The van der Waals surface area contributed by atoms with E-state index in [1.807, 2.05) is 0 Å². The molecule has 1 aromatic rings. The number of ether oxygens (including phenoxy) is 1. The van der Waals surface area contributed by atoms with E-state index in [0.29, 0.717) is 12.2 Å². The summed E-state index contributed by atoms with van der Waals surface area (Å²) in [5, 5.41) is 2.72. The van der Waals surface area contributed by atoms with Gasteiger partial charge in [-0.25, -0.2) is 9.18 Å². The first kappa shape index (κ1) is 14.3. The third-order valence-corrected chi connectivity index (χ3v) is 3.04. The average Bonchev–Trinajstić information content (AvgIpc) is 2.78. The fraction of sp³-hybridized carbons (Fsp3) is 0.429. The molecular formula is C14H17FN2O3. The number of hydrogen-bond acceptors (Lipinski definition) is 3. The third kappa shape index (κ3) is 3.26. The van der Waals surface area contributed by atoms with Gasteiger partial charge in [-0.05, 0) is 24.3 Å². The highest BCUT2D eigenvalue weighted by atomic mass is 19.1. The van der Waals surface area contributed by atoms with Gasteiger partial charge >= 0.3 is 6.09 Å². The van der Waals surface area contributed by atoms with Gasteiger partial charge in [-0.15, -0.1) is 0 Å². The maximum atomic E-state index is 12.9. The van der Waals surface area contributed by atoms with Gasteiger partial charge in [0.05, 0.1) is 13.1 Å². The number of anilines is 1. The minimum absolute atomic E-state index is 0.0821. The molecule has 1 aliphatic heterocycles. The van der Waals surface area contributed by atoms with E-state index in [4.69, 9.17) is 4.74 Å². The van der Waals surface area contributed by atoms with Crippen LogP contribution >= 0.6 is 0 Å². The van der Waals surface area contributed by atoms with Crippen molar-refractivity contribution in [3.8, 4) is 0 Å². The number of rotatable bonds is 4. The Labute approximate surface area is 116 Å². The van der Waals surface area contributed by atoms with Crippen LogP contribution in [0.2, 0.25) is 0 Å². The summed E-state index contributed by atoms with van der Waals surface area (Å²) >= 11 is 0. The summed E-state index contributed by atoms with van der Waals surface area (Å²) in [7, 11) is 0. The first-order valence-electron chi connectivity index (χ1n) is 6.49. The van der Waals surface area contributed by atoms with Gasteiger partial charge in [-0.1, -0.05) is 13.8 Å². The molecule has 5 nitrogen and oxygen atoms in total. The SMILES string of the molecule is CC(C)C(=O)NC[C@H]1CN(c2ccc(F)cc2)C(=O)O1. The molecule has 0 saturated carbocycles. The number of carbonyl (C=O) groups is 2. The summed E-state index contributed by atoms with van der Waals surface area (Å²) in [6.45, 7) is 4.20. The Balaban J connectivity index is 1.94. The lowest BCUT2D eigenvalue weighted by atomic mass is 10.2. The summed E-state index contributed by atoms with van der Waals surface area (Å²) in [5.41, 5.74) is 0.578. The molecule has 1 fully saturated rings. The lowest BCUT2D eigenvalue weighted by molar-refractivity contribution is -0.124. The highest BCUT2D eigenvalue weighted by molar-refractivity contribution is 5.89. The molecule has 2 amide bonds. The molecule has 0 bridgehead atoms. The molecule has 0 aromatic heterocycles. The summed E-state index contributed by atoms with van der Waals surface area (Å²) in [6.07, 6.45) is -0.879. The maximum absolute atomic E-state index is 12.9. The minimum Gasteiger partial charge on any atom is -0.442 e. The van der Waals surface area contributed by atoms with Crippen LogP contribution in [0.15, 0.2) is 24.3 Å². The summed E-state index contributed by atoms with van der Waals surface area (Å²) in [6, 6.07) is 5.62. The minimum atomic E-state index is -0.486. The van der Waals surface area contributed by atoms with E-state index in [1.165, 1.54) is 29.2 Å². The van der Waals surface area contributed by atoms with Crippen molar-refractivity contribution >= 4 is 17.7 Å². The first-order chi connectivity index (χ1) is 9.47. The van der Waals surface area contributed by atoms with Crippen LogP contribution in [0, 0.1) is 11.7 Å². The second-order valence-electron chi connectivity index (χ2n) is 4.99. The molecular weight excluding hydrogens is 263 g/mol. The zero-order valence-electron chi connectivity index (χ0n) is 11.4. The molecule has 1 aromatic carbocycles. The van der Waals surface area contributed by atoms with Crippen LogP contribution in [0.3, 0.4) is 0 Å². The summed E-state index contributed by atoms with van der Waals surface area (Å²) in [5.74, 6) is -0.552. The maximum Gasteiger partial charge on any atom is 0.414 e. The van der Waals surface area contributed by atoms with E-state index >= 15 is 0 Å². The zero-order chi connectivity index (χ0) is 14.7. The van der Waals surface area contributed by atoms with Crippen molar-refractivity contribution in [3.63, 3.8) is 0 Å². The van der Waals surface area contributed by atoms with E-state index in [-0.39, 0.29) is 24.2 Å². The van der Waals surface area contributed by atoms with Crippen LogP contribution in [0.25, 0.3) is 0 Å². The molecule has 0 aliphatic carbocycles. The number of nitrogens with zero attached hydrogens (tertiary/aromatic N) is 1. The highest BCUT2D eigenvalue weighted by Gasteiger charge is 2.32. The van der Waals surface area contributed by atoms with Crippen molar-refractivity contribution in [1.82, 2.24) is 5.32 Å². The van der Waals surface area contributed by atoms with Gasteiger partial charge in [-0.2, -0.15) is 0 Å².